The molecule has 1 aliphatic heterocycles. The van der Waals surface area contributed by atoms with Crippen LogP contribution in [0.25, 0.3) is 26.3 Å². The second kappa shape index (κ2) is 3.19. The first-order valence-electron chi connectivity index (χ1n) is 6.14. The summed E-state index contributed by atoms with van der Waals surface area (Å²) in [5, 5.41) is 5.67. The number of rotatable bonds is 0. The zero-order chi connectivity index (χ0) is 12.4. The van der Waals surface area contributed by atoms with Gasteiger partial charge in [-0.05, 0) is 18.2 Å². The van der Waals surface area contributed by atoms with E-state index in [1.54, 1.807) is 0 Å². The second-order valence-corrected chi connectivity index (χ2v) is 5.75. The van der Waals surface area contributed by atoms with Crippen molar-refractivity contribution in [2.24, 2.45) is 0 Å². The van der Waals surface area contributed by atoms with Crippen LogP contribution in [0, 0.1) is 0 Å². The van der Waals surface area contributed by atoms with E-state index in [1.165, 1.54) is 31.9 Å². The second-order valence-electron chi connectivity index (χ2n) is 4.72. The van der Waals surface area contributed by atoms with Gasteiger partial charge in [0.05, 0.1) is 11.8 Å². The summed E-state index contributed by atoms with van der Waals surface area (Å²) in [6, 6.07) is 6.22. The maximum Gasteiger partial charge on any atom is 0.272 e. The van der Waals surface area contributed by atoms with Crippen LogP contribution in [-0.4, -0.2) is 14.6 Å². The minimum absolute atomic E-state index is 0.932. The molecule has 0 radical (unpaired) electrons. The highest BCUT2D eigenvalue weighted by molar-refractivity contribution is 7.21. The summed E-state index contributed by atoms with van der Waals surface area (Å²) in [6.45, 7) is 0.932. The predicted molar refractivity (Wildman–Crippen MR) is 73.1 cm³/mol. The molecule has 0 saturated carbocycles. The topological polar surface area (TPSA) is 34.1 Å². The van der Waals surface area contributed by atoms with Crippen molar-refractivity contribution in [3.05, 3.63) is 48.5 Å². The summed E-state index contributed by atoms with van der Waals surface area (Å²) in [4.78, 5) is 4.25. The summed E-state index contributed by atoms with van der Waals surface area (Å²) < 4.78 is 5.61. The highest BCUT2D eigenvalue weighted by Crippen LogP contribution is 2.36. The molecule has 0 aromatic carbocycles. The van der Waals surface area contributed by atoms with Crippen LogP contribution in [0.5, 0.6) is 0 Å². The van der Waals surface area contributed by atoms with Crippen molar-refractivity contribution in [1.29, 1.82) is 0 Å². The van der Waals surface area contributed by atoms with Gasteiger partial charge in [0.15, 0.2) is 6.54 Å². The molecule has 19 heavy (non-hydrogen) atoms. The molecule has 5 rings (SSSR count). The van der Waals surface area contributed by atoms with Crippen LogP contribution in [0.1, 0.15) is 5.56 Å². The highest BCUT2D eigenvalue weighted by Gasteiger charge is 2.33. The molecule has 0 spiro atoms. The summed E-state index contributed by atoms with van der Waals surface area (Å²) in [5.41, 5.74) is 5.07. The van der Waals surface area contributed by atoms with Crippen molar-refractivity contribution in [3.63, 3.8) is 0 Å². The van der Waals surface area contributed by atoms with Gasteiger partial charge < -0.3 is 0 Å². The SMILES string of the molecule is c1cnn2cc3sc4[n+](c3c2c1)Cc1ccncc1-4. The van der Waals surface area contributed by atoms with E-state index < -0.39 is 0 Å². The van der Waals surface area contributed by atoms with Crippen LogP contribution in [-0.2, 0) is 6.54 Å². The van der Waals surface area contributed by atoms with Crippen molar-refractivity contribution >= 4 is 27.1 Å². The van der Waals surface area contributed by atoms with Gasteiger partial charge in [-0.1, -0.05) is 11.3 Å². The molecular formula is C14H9N4S+. The molecule has 0 bridgehead atoms. The fourth-order valence-corrected chi connectivity index (χ4v) is 4.09. The van der Waals surface area contributed by atoms with Gasteiger partial charge in [0.25, 0.3) is 10.5 Å². The van der Waals surface area contributed by atoms with E-state index >= 15 is 0 Å². The minimum atomic E-state index is 0.932. The fraction of sp³-hybridized carbons (Fsp3) is 0.0714. The Kier molecular flexibility index (Phi) is 1.62. The maximum absolute atomic E-state index is 4.36. The van der Waals surface area contributed by atoms with Crippen LogP contribution < -0.4 is 4.57 Å². The Morgan fingerprint density at radius 3 is 3.26 bits per heavy atom. The molecule has 0 saturated heterocycles. The van der Waals surface area contributed by atoms with Gasteiger partial charge in [0, 0.05) is 24.2 Å². The summed E-state index contributed by atoms with van der Waals surface area (Å²) in [6.07, 6.45) is 7.76. The van der Waals surface area contributed by atoms with Gasteiger partial charge in [0.1, 0.15) is 10.2 Å². The molecule has 4 aromatic heterocycles. The summed E-state index contributed by atoms with van der Waals surface area (Å²) in [5.74, 6) is 0. The number of pyridine rings is 1. The maximum atomic E-state index is 4.36. The largest absolute Gasteiger partial charge is 0.272 e. The normalized spacial score (nSPS) is 13.1. The first-order chi connectivity index (χ1) is 9.42. The van der Waals surface area contributed by atoms with E-state index in [2.05, 4.69) is 33.0 Å². The van der Waals surface area contributed by atoms with Crippen molar-refractivity contribution < 1.29 is 4.57 Å². The molecule has 0 unspecified atom stereocenters. The van der Waals surface area contributed by atoms with E-state index in [-0.39, 0.29) is 0 Å². The lowest BCUT2D eigenvalue weighted by Crippen LogP contribution is -2.30. The van der Waals surface area contributed by atoms with E-state index in [1.807, 2.05) is 40.5 Å². The molecule has 0 amide bonds. The Bertz CT molecular complexity index is 951. The van der Waals surface area contributed by atoms with Crippen LogP contribution >= 0.6 is 11.3 Å². The van der Waals surface area contributed by atoms with E-state index in [9.17, 15) is 0 Å². The Labute approximate surface area is 112 Å². The molecule has 0 N–H and O–H groups in total. The van der Waals surface area contributed by atoms with Gasteiger partial charge >= 0.3 is 0 Å². The molecule has 90 valence electrons. The van der Waals surface area contributed by atoms with E-state index in [4.69, 9.17) is 0 Å². The van der Waals surface area contributed by atoms with Crippen LogP contribution in [0.15, 0.2) is 43.0 Å². The molecule has 5 heterocycles. The van der Waals surface area contributed by atoms with Crippen molar-refractivity contribution in [2.45, 2.75) is 6.54 Å². The molecular weight excluding hydrogens is 256 g/mol. The molecule has 0 fully saturated rings. The van der Waals surface area contributed by atoms with Gasteiger partial charge in [-0.25, -0.2) is 4.52 Å². The number of nitrogens with zero attached hydrogens (tertiary/aromatic N) is 4. The van der Waals surface area contributed by atoms with Crippen molar-refractivity contribution in [3.8, 4) is 10.6 Å². The number of hydrogen-bond acceptors (Lipinski definition) is 3. The van der Waals surface area contributed by atoms with E-state index in [0.29, 0.717) is 0 Å². The lowest BCUT2D eigenvalue weighted by atomic mass is 10.2. The number of thiazole rings is 1. The van der Waals surface area contributed by atoms with Crippen LogP contribution in [0.2, 0.25) is 0 Å². The minimum Gasteiger partial charge on any atom is -0.264 e. The molecule has 0 atom stereocenters. The van der Waals surface area contributed by atoms with Crippen molar-refractivity contribution in [2.75, 3.05) is 0 Å². The monoisotopic (exact) mass is 265 g/mol. The Balaban J connectivity index is 1.94. The molecule has 4 nitrogen and oxygen atoms in total. The quantitative estimate of drug-likeness (QED) is 0.402. The third-order valence-corrected chi connectivity index (χ3v) is 4.84. The van der Waals surface area contributed by atoms with Gasteiger partial charge in [-0.2, -0.15) is 9.67 Å². The zero-order valence-electron chi connectivity index (χ0n) is 9.95. The fourth-order valence-electron chi connectivity index (χ4n) is 2.85. The first-order valence-corrected chi connectivity index (χ1v) is 6.95. The zero-order valence-corrected chi connectivity index (χ0v) is 10.8. The standard InChI is InChI=1S/C14H9N4S/c1-2-11-13-12(8-18(11)16-4-1)19-14-10-6-15-5-3-9(10)7-17(13)14/h1-6,8H,7H2/q+1. The average Bonchev–Trinajstić information content (AvgIpc) is 3.05. The number of fused-ring (bicyclic) bond motifs is 7. The average molecular weight is 265 g/mol. The smallest absolute Gasteiger partial charge is 0.264 e. The van der Waals surface area contributed by atoms with Gasteiger partial charge in [-0.3, -0.25) is 4.98 Å². The third kappa shape index (κ3) is 1.11. The Morgan fingerprint density at radius 2 is 2.26 bits per heavy atom. The number of hydrogen-bond donors (Lipinski definition) is 0. The predicted octanol–water partition coefficient (Wildman–Crippen LogP) is 2.26. The lowest BCUT2D eigenvalue weighted by molar-refractivity contribution is -0.641. The molecule has 1 aliphatic rings. The molecule has 0 aliphatic carbocycles. The third-order valence-electron chi connectivity index (χ3n) is 3.69. The summed E-state index contributed by atoms with van der Waals surface area (Å²) >= 11 is 1.82. The molecule has 4 aromatic rings. The van der Waals surface area contributed by atoms with Crippen LogP contribution in [0.4, 0.5) is 0 Å². The lowest BCUT2D eigenvalue weighted by Gasteiger charge is -1.90. The Morgan fingerprint density at radius 1 is 1.26 bits per heavy atom. The Hall–Kier alpha value is -2.27. The van der Waals surface area contributed by atoms with Gasteiger partial charge in [-0.15, -0.1) is 0 Å². The van der Waals surface area contributed by atoms with E-state index in [0.717, 1.165) is 6.54 Å². The first kappa shape index (κ1) is 9.63. The van der Waals surface area contributed by atoms with Gasteiger partial charge in [0.2, 0.25) is 0 Å². The van der Waals surface area contributed by atoms with Crippen molar-refractivity contribution in [1.82, 2.24) is 14.6 Å². The van der Waals surface area contributed by atoms with Crippen LogP contribution in [0.3, 0.4) is 0 Å². The summed E-state index contributed by atoms with van der Waals surface area (Å²) in [7, 11) is 0. The highest BCUT2D eigenvalue weighted by atomic mass is 32.1. The number of aromatic nitrogens is 4. The molecule has 5 heteroatoms.